The number of fused-ring (bicyclic) bond motifs is 2. The maximum Gasteiger partial charge on any atom is 0.337 e. The first-order valence-corrected chi connectivity index (χ1v) is 16.7. The van der Waals surface area contributed by atoms with E-state index in [1.807, 2.05) is 42.5 Å². The lowest BCUT2D eigenvalue weighted by Gasteiger charge is -2.05. The molecule has 0 bridgehead atoms. The van der Waals surface area contributed by atoms with Gasteiger partial charge in [0.15, 0.2) is 8.68 Å². The predicted molar refractivity (Wildman–Crippen MR) is 181 cm³/mol. The van der Waals surface area contributed by atoms with Gasteiger partial charge in [-0.3, -0.25) is 19.9 Å². The number of esters is 1. The van der Waals surface area contributed by atoms with Crippen LogP contribution in [0.15, 0.2) is 103 Å². The van der Waals surface area contributed by atoms with Crippen molar-refractivity contribution in [1.82, 2.24) is 9.97 Å². The van der Waals surface area contributed by atoms with E-state index in [9.17, 15) is 19.7 Å². The zero-order valence-corrected chi connectivity index (χ0v) is 26.6. The van der Waals surface area contributed by atoms with Gasteiger partial charge in [0.25, 0.3) is 5.69 Å². The van der Waals surface area contributed by atoms with Crippen LogP contribution < -0.4 is 5.32 Å². The molecule has 2 heterocycles. The second-order valence-electron chi connectivity index (χ2n) is 9.33. The van der Waals surface area contributed by atoms with Gasteiger partial charge in [0, 0.05) is 18.0 Å². The lowest BCUT2D eigenvalue weighted by Crippen LogP contribution is -2.14. The number of anilines is 1. The minimum atomic E-state index is -0.442. The van der Waals surface area contributed by atoms with Gasteiger partial charge in [0.2, 0.25) is 5.91 Å². The number of aromatic nitrogens is 2. The molecule has 0 spiro atoms. The van der Waals surface area contributed by atoms with Crippen molar-refractivity contribution in [2.45, 2.75) is 13.6 Å². The van der Waals surface area contributed by atoms with Crippen molar-refractivity contribution in [2.24, 2.45) is 4.99 Å². The third-order valence-corrected chi connectivity index (χ3v) is 10.6. The van der Waals surface area contributed by atoms with Gasteiger partial charge in [-0.05, 0) is 66.2 Å². The standard InChI is InChI=1S/C31H21N5O5S4/c1-41-29(38)19-7-9-20(10-8-19)33-28(37)17-42-30-34-23-12-11-21(15-27(23)45-30)32-16-18-6-13-26(24(14-18)36(39)40)44-31-35-22-4-2-3-5-25(22)43-31/h2-16H,17H2,1H3,(H,33,37). The van der Waals surface area contributed by atoms with E-state index in [-0.39, 0.29) is 17.3 Å². The first kappa shape index (κ1) is 30.4. The van der Waals surface area contributed by atoms with E-state index >= 15 is 0 Å². The molecule has 224 valence electrons. The Bertz CT molecular complexity index is 2060. The molecule has 0 aliphatic carbocycles. The number of nitrogens with zero attached hydrogens (tertiary/aromatic N) is 4. The Balaban J connectivity index is 1.09. The number of nitrogens with one attached hydrogen (secondary N) is 1. The summed E-state index contributed by atoms with van der Waals surface area (Å²) in [7, 11) is 1.31. The van der Waals surface area contributed by atoms with Crippen LogP contribution in [0.4, 0.5) is 17.1 Å². The average molecular weight is 672 g/mol. The summed E-state index contributed by atoms with van der Waals surface area (Å²) in [5.74, 6) is -0.480. The van der Waals surface area contributed by atoms with Crippen molar-refractivity contribution < 1.29 is 19.2 Å². The van der Waals surface area contributed by atoms with Crippen molar-refractivity contribution in [1.29, 1.82) is 0 Å². The molecule has 0 unspecified atom stereocenters. The number of thiazole rings is 2. The van der Waals surface area contributed by atoms with Crippen molar-refractivity contribution >= 4 is 102 Å². The first-order chi connectivity index (χ1) is 21.8. The molecule has 45 heavy (non-hydrogen) atoms. The summed E-state index contributed by atoms with van der Waals surface area (Å²) in [4.78, 5) is 49.7. The van der Waals surface area contributed by atoms with Crippen LogP contribution in [0.25, 0.3) is 20.4 Å². The summed E-state index contributed by atoms with van der Waals surface area (Å²) in [6.07, 6.45) is 1.60. The number of nitro groups is 1. The number of hydrogen-bond donors (Lipinski definition) is 1. The minimum Gasteiger partial charge on any atom is -0.465 e. The molecule has 1 N–H and O–H groups in total. The molecular weight excluding hydrogens is 651 g/mol. The number of nitro benzene ring substituents is 1. The number of benzene rings is 4. The van der Waals surface area contributed by atoms with Gasteiger partial charge in [-0.15, -0.1) is 22.7 Å². The number of hydrogen-bond acceptors (Lipinski definition) is 12. The molecule has 0 aliphatic heterocycles. The topological polar surface area (TPSA) is 137 Å². The molecular formula is C31H21N5O5S4. The monoisotopic (exact) mass is 671 g/mol. The van der Waals surface area contributed by atoms with Crippen LogP contribution in [0.1, 0.15) is 15.9 Å². The summed E-state index contributed by atoms with van der Waals surface area (Å²) in [5, 5.41) is 14.7. The maximum atomic E-state index is 12.5. The summed E-state index contributed by atoms with van der Waals surface area (Å²) in [6.45, 7) is 0. The SMILES string of the molecule is COC(=O)c1ccc(NC(=O)CSc2nc3ccc(N=Cc4ccc(Sc5nc6ccccc6s5)c([N+](=O)[O-])c4)cc3s2)cc1. The molecule has 10 nitrogen and oxygen atoms in total. The smallest absolute Gasteiger partial charge is 0.337 e. The molecule has 0 radical (unpaired) electrons. The van der Waals surface area contributed by atoms with Gasteiger partial charge in [0.1, 0.15) is 0 Å². The number of amides is 1. The molecule has 6 aromatic rings. The molecule has 0 fully saturated rings. The maximum absolute atomic E-state index is 12.5. The third-order valence-electron chi connectivity index (χ3n) is 6.28. The summed E-state index contributed by atoms with van der Waals surface area (Å²) >= 11 is 5.54. The number of rotatable bonds is 10. The van der Waals surface area contributed by atoms with Gasteiger partial charge in [-0.2, -0.15) is 0 Å². The predicted octanol–water partition coefficient (Wildman–Crippen LogP) is 8.23. The van der Waals surface area contributed by atoms with Gasteiger partial charge in [-0.1, -0.05) is 41.7 Å². The number of aliphatic imine (C=N–C) groups is 1. The number of methoxy groups -OCH3 is 1. The zero-order valence-electron chi connectivity index (χ0n) is 23.3. The van der Waals surface area contributed by atoms with Crippen molar-refractivity contribution in [3.8, 4) is 0 Å². The molecule has 1 amide bonds. The Hall–Kier alpha value is -4.63. The fourth-order valence-corrected chi connectivity index (χ4v) is 8.16. The molecule has 14 heteroatoms. The van der Waals surface area contributed by atoms with Crippen LogP contribution >= 0.6 is 46.2 Å². The summed E-state index contributed by atoms with van der Waals surface area (Å²) < 4.78 is 8.09. The first-order valence-electron chi connectivity index (χ1n) is 13.2. The van der Waals surface area contributed by atoms with Crippen LogP contribution in [0.5, 0.6) is 0 Å². The highest BCUT2D eigenvalue weighted by molar-refractivity contribution is 8.01. The fraction of sp³-hybridized carbons (Fsp3) is 0.0645. The van der Waals surface area contributed by atoms with Crippen molar-refractivity contribution in [3.63, 3.8) is 0 Å². The number of para-hydroxylation sites is 1. The van der Waals surface area contributed by atoms with Crippen LogP contribution in [-0.2, 0) is 9.53 Å². The molecule has 0 saturated heterocycles. The Kier molecular flexibility index (Phi) is 9.16. The summed E-state index contributed by atoms with van der Waals surface area (Å²) in [5.41, 5.74) is 3.89. The quantitative estimate of drug-likeness (QED) is 0.0502. The average Bonchev–Trinajstić information content (AvgIpc) is 3.66. The van der Waals surface area contributed by atoms with Crippen molar-refractivity contribution in [3.05, 3.63) is 106 Å². The van der Waals surface area contributed by atoms with E-state index in [4.69, 9.17) is 0 Å². The van der Waals surface area contributed by atoms with E-state index < -0.39 is 10.9 Å². The number of carbonyl (C=O) groups is 2. The van der Waals surface area contributed by atoms with E-state index in [0.717, 1.165) is 29.1 Å². The largest absolute Gasteiger partial charge is 0.465 e. The Morgan fingerprint density at radius 3 is 2.49 bits per heavy atom. The van der Waals surface area contributed by atoms with E-state index in [1.165, 1.54) is 59.4 Å². The van der Waals surface area contributed by atoms with E-state index in [2.05, 4.69) is 25.0 Å². The zero-order chi connectivity index (χ0) is 31.3. The second-order valence-corrected chi connectivity index (χ2v) is 13.9. The third kappa shape index (κ3) is 7.37. The molecule has 2 aromatic heterocycles. The molecule has 0 aliphatic rings. The number of ether oxygens (including phenoxy) is 1. The van der Waals surface area contributed by atoms with Crippen LogP contribution in [0.3, 0.4) is 0 Å². The molecule has 6 rings (SSSR count). The van der Waals surface area contributed by atoms with Crippen LogP contribution in [0, 0.1) is 10.1 Å². The normalized spacial score (nSPS) is 11.3. The second kappa shape index (κ2) is 13.6. The van der Waals surface area contributed by atoms with Crippen molar-refractivity contribution in [2.75, 3.05) is 18.2 Å². The summed E-state index contributed by atoms with van der Waals surface area (Å²) in [6, 6.07) is 24.8. The highest BCUT2D eigenvalue weighted by atomic mass is 32.2. The lowest BCUT2D eigenvalue weighted by atomic mass is 10.2. The highest BCUT2D eigenvalue weighted by Crippen LogP contribution is 2.39. The van der Waals surface area contributed by atoms with Gasteiger partial charge in [0.05, 0.1) is 54.4 Å². The molecule has 0 saturated carbocycles. The van der Waals surface area contributed by atoms with Gasteiger partial charge >= 0.3 is 5.97 Å². The fourth-order valence-electron chi connectivity index (χ4n) is 4.15. The van der Waals surface area contributed by atoms with Gasteiger partial charge < -0.3 is 10.1 Å². The lowest BCUT2D eigenvalue weighted by molar-refractivity contribution is -0.387. The minimum absolute atomic E-state index is 0.00923. The molecule has 4 aromatic carbocycles. The van der Waals surface area contributed by atoms with E-state index in [1.54, 1.807) is 42.6 Å². The number of thioether (sulfide) groups is 1. The highest BCUT2D eigenvalue weighted by Gasteiger charge is 2.17. The van der Waals surface area contributed by atoms with Crippen LogP contribution in [0.2, 0.25) is 0 Å². The van der Waals surface area contributed by atoms with E-state index in [0.29, 0.717) is 27.4 Å². The Morgan fingerprint density at radius 1 is 0.956 bits per heavy atom. The Morgan fingerprint density at radius 2 is 1.71 bits per heavy atom. The molecule has 0 atom stereocenters. The number of carbonyl (C=O) groups excluding carboxylic acids is 2. The Labute approximate surface area is 272 Å². The van der Waals surface area contributed by atoms with Crippen LogP contribution in [-0.4, -0.2) is 45.8 Å². The van der Waals surface area contributed by atoms with Gasteiger partial charge in [-0.25, -0.2) is 14.8 Å².